The summed E-state index contributed by atoms with van der Waals surface area (Å²) in [5.41, 5.74) is -5.34. The molecule has 0 saturated heterocycles. The Morgan fingerprint density at radius 1 is 1.15 bits per heavy atom. The Kier molecular flexibility index (Phi) is 6.85. The smallest absolute Gasteiger partial charge is 0.391 e. The molecule has 2 aromatic carbocycles. The summed E-state index contributed by atoms with van der Waals surface area (Å²) in [5, 5.41) is 4.35. The van der Waals surface area contributed by atoms with Crippen molar-refractivity contribution in [3.63, 3.8) is 0 Å². The minimum Gasteiger partial charge on any atom is -0.391 e. The third kappa shape index (κ3) is 5.65. The Morgan fingerprint density at radius 2 is 1.85 bits per heavy atom. The molecule has 0 bridgehead atoms. The van der Waals surface area contributed by atoms with Crippen LogP contribution in [0.15, 0.2) is 41.6 Å². The second-order valence-corrected chi connectivity index (χ2v) is 7.90. The molecule has 1 N–H and O–H groups in total. The molecule has 12 heteroatoms. The van der Waals surface area contributed by atoms with Crippen LogP contribution in [0.4, 0.5) is 18.9 Å². The predicted octanol–water partition coefficient (Wildman–Crippen LogP) is 5.46. The van der Waals surface area contributed by atoms with Gasteiger partial charge in [0, 0.05) is 16.1 Å². The number of nitrogens with zero attached hydrogens (tertiary/aromatic N) is 1. The predicted molar refractivity (Wildman–Crippen MR) is 98.9 cm³/mol. The van der Waals surface area contributed by atoms with Crippen molar-refractivity contribution < 1.29 is 26.4 Å². The molecular weight excluding hydrogens is 452 g/mol. The lowest BCUT2D eigenvalue weighted by molar-refractivity contribution is -0.0429. The molecule has 0 aliphatic carbocycles. The van der Waals surface area contributed by atoms with Crippen LogP contribution >= 0.6 is 34.8 Å². The summed E-state index contributed by atoms with van der Waals surface area (Å²) >= 11 is 17.6. The van der Waals surface area contributed by atoms with Gasteiger partial charge in [0.1, 0.15) is 6.61 Å². The van der Waals surface area contributed by atoms with E-state index in [1.165, 1.54) is 16.9 Å². The maximum absolute atomic E-state index is 12.5. The SMILES string of the molecule is O=S(=O)(Nc1ccc(Cl)cc1C=NOCc1cccc(Cl)c1Cl)C(F)(F)F. The van der Waals surface area contributed by atoms with Crippen LogP contribution in [0.25, 0.3) is 0 Å². The summed E-state index contributed by atoms with van der Waals surface area (Å²) in [6.07, 6.45) is 1.01. The summed E-state index contributed by atoms with van der Waals surface area (Å²) in [6, 6.07) is 8.39. The lowest BCUT2D eigenvalue weighted by Crippen LogP contribution is -2.30. The van der Waals surface area contributed by atoms with E-state index in [-0.39, 0.29) is 27.9 Å². The number of alkyl halides is 3. The van der Waals surface area contributed by atoms with E-state index >= 15 is 0 Å². The Bertz CT molecular complexity index is 967. The van der Waals surface area contributed by atoms with Gasteiger partial charge in [0.15, 0.2) is 0 Å². The minimum atomic E-state index is -5.60. The van der Waals surface area contributed by atoms with Gasteiger partial charge < -0.3 is 4.84 Å². The fourth-order valence-electron chi connectivity index (χ4n) is 1.80. The molecular formula is C15H10Cl3F3N2O3S. The number of nitrogens with one attached hydrogen (secondary N) is 1. The normalized spacial score (nSPS) is 12.4. The Labute approximate surface area is 167 Å². The highest BCUT2D eigenvalue weighted by Crippen LogP contribution is 2.28. The van der Waals surface area contributed by atoms with Gasteiger partial charge in [0.2, 0.25) is 0 Å². The fourth-order valence-corrected chi connectivity index (χ4v) is 2.94. The molecule has 0 atom stereocenters. The minimum absolute atomic E-state index is 0.0347. The molecule has 0 spiro atoms. The fraction of sp³-hybridized carbons (Fsp3) is 0.133. The van der Waals surface area contributed by atoms with Crippen molar-refractivity contribution in [2.75, 3.05) is 4.72 Å². The number of sulfonamides is 1. The van der Waals surface area contributed by atoms with Gasteiger partial charge in [0.25, 0.3) is 0 Å². The van der Waals surface area contributed by atoms with Crippen LogP contribution in [0.3, 0.4) is 0 Å². The van der Waals surface area contributed by atoms with Gasteiger partial charge in [-0.3, -0.25) is 4.72 Å². The third-order valence-electron chi connectivity index (χ3n) is 3.08. The van der Waals surface area contributed by atoms with E-state index in [1.807, 2.05) is 0 Å². The highest BCUT2D eigenvalue weighted by atomic mass is 35.5. The van der Waals surface area contributed by atoms with Gasteiger partial charge in [-0.2, -0.15) is 21.6 Å². The van der Waals surface area contributed by atoms with Crippen molar-refractivity contribution in [1.82, 2.24) is 0 Å². The van der Waals surface area contributed by atoms with Crippen molar-refractivity contribution in [3.8, 4) is 0 Å². The maximum Gasteiger partial charge on any atom is 0.516 e. The van der Waals surface area contributed by atoms with E-state index in [0.717, 1.165) is 12.3 Å². The summed E-state index contributed by atoms with van der Waals surface area (Å²) in [5.74, 6) is 0. The van der Waals surface area contributed by atoms with Gasteiger partial charge >= 0.3 is 15.5 Å². The first-order chi connectivity index (χ1) is 12.5. The van der Waals surface area contributed by atoms with Crippen LogP contribution in [0.1, 0.15) is 11.1 Å². The van der Waals surface area contributed by atoms with Crippen LogP contribution in [0.5, 0.6) is 0 Å². The number of halogens is 6. The molecule has 0 amide bonds. The van der Waals surface area contributed by atoms with Gasteiger partial charge in [-0.15, -0.1) is 0 Å². The zero-order valence-electron chi connectivity index (χ0n) is 13.1. The topological polar surface area (TPSA) is 67.8 Å². The van der Waals surface area contributed by atoms with Gasteiger partial charge in [-0.05, 0) is 24.3 Å². The second-order valence-electron chi connectivity index (χ2n) is 5.00. The van der Waals surface area contributed by atoms with Crippen LogP contribution in [0.2, 0.25) is 15.1 Å². The third-order valence-corrected chi connectivity index (χ3v) is 5.27. The highest BCUT2D eigenvalue weighted by molar-refractivity contribution is 7.93. The lowest BCUT2D eigenvalue weighted by atomic mass is 10.2. The second kappa shape index (κ2) is 8.55. The van der Waals surface area contributed by atoms with E-state index in [9.17, 15) is 21.6 Å². The van der Waals surface area contributed by atoms with Crippen molar-refractivity contribution in [3.05, 3.63) is 62.6 Å². The van der Waals surface area contributed by atoms with Gasteiger partial charge in [-0.25, -0.2) is 0 Å². The van der Waals surface area contributed by atoms with Crippen molar-refractivity contribution in [1.29, 1.82) is 0 Å². The Balaban J connectivity index is 2.17. The number of rotatable bonds is 6. The molecule has 146 valence electrons. The monoisotopic (exact) mass is 460 g/mol. The molecule has 0 radical (unpaired) electrons. The summed E-state index contributed by atoms with van der Waals surface area (Å²) in [7, 11) is -5.60. The molecule has 0 aliphatic rings. The first-order valence-electron chi connectivity index (χ1n) is 6.98. The van der Waals surface area contributed by atoms with E-state index < -0.39 is 15.5 Å². The quantitative estimate of drug-likeness (QED) is 0.459. The number of hydrogen-bond donors (Lipinski definition) is 1. The lowest BCUT2D eigenvalue weighted by Gasteiger charge is -2.12. The van der Waals surface area contributed by atoms with Crippen molar-refractivity contribution in [2.45, 2.75) is 12.1 Å². The molecule has 2 aromatic rings. The Hall–Kier alpha value is -1.68. The standard InChI is InChI=1S/C15H10Cl3F3N2O3S/c16-11-4-5-13(23-27(24,25)15(19,20)21)10(6-11)7-22-26-8-9-2-1-3-12(17)14(9)18/h1-7,23H,8H2. The first kappa shape index (κ1) is 21.6. The first-order valence-corrected chi connectivity index (χ1v) is 9.60. The van der Waals surface area contributed by atoms with E-state index in [2.05, 4.69) is 5.16 Å². The molecule has 0 unspecified atom stereocenters. The Morgan fingerprint density at radius 3 is 2.52 bits per heavy atom. The van der Waals surface area contributed by atoms with Crippen molar-refractivity contribution >= 4 is 56.7 Å². The van der Waals surface area contributed by atoms with Crippen LogP contribution in [-0.4, -0.2) is 20.1 Å². The molecule has 0 fully saturated rings. The maximum atomic E-state index is 12.5. The summed E-state index contributed by atoms with van der Waals surface area (Å²) < 4.78 is 61.6. The van der Waals surface area contributed by atoms with E-state index in [1.54, 1.807) is 18.2 Å². The number of benzene rings is 2. The largest absolute Gasteiger partial charge is 0.516 e. The average molecular weight is 462 g/mol. The number of hydrogen-bond acceptors (Lipinski definition) is 4. The van der Waals surface area contributed by atoms with Gasteiger partial charge in [0.05, 0.1) is 21.9 Å². The molecule has 2 rings (SSSR count). The van der Waals surface area contributed by atoms with Crippen LogP contribution < -0.4 is 4.72 Å². The van der Waals surface area contributed by atoms with E-state index in [0.29, 0.717) is 10.6 Å². The number of oxime groups is 1. The van der Waals surface area contributed by atoms with Crippen molar-refractivity contribution in [2.24, 2.45) is 5.16 Å². The molecule has 5 nitrogen and oxygen atoms in total. The highest BCUT2D eigenvalue weighted by Gasteiger charge is 2.46. The van der Waals surface area contributed by atoms with Crippen LogP contribution in [-0.2, 0) is 21.5 Å². The van der Waals surface area contributed by atoms with Gasteiger partial charge in [-0.1, -0.05) is 52.1 Å². The molecule has 0 saturated carbocycles. The molecule has 0 aromatic heterocycles. The van der Waals surface area contributed by atoms with E-state index in [4.69, 9.17) is 39.6 Å². The molecule has 0 aliphatic heterocycles. The molecule has 0 heterocycles. The summed E-state index contributed by atoms with van der Waals surface area (Å²) in [4.78, 5) is 5.04. The number of anilines is 1. The van der Waals surface area contributed by atoms with Crippen LogP contribution in [0, 0.1) is 0 Å². The molecule has 27 heavy (non-hydrogen) atoms. The zero-order valence-corrected chi connectivity index (χ0v) is 16.2. The summed E-state index contributed by atoms with van der Waals surface area (Å²) in [6.45, 7) is -0.0694. The zero-order chi connectivity index (χ0) is 20.2. The average Bonchev–Trinajstić information content (AvgIpc) is 2.56.